The molecule has 0 radical (unpaired) electrons. The highest BCUT2D eigenvalue weighted by atomic mass is 35.5. The zero-order valence-corrected chi connectivity index (χ0v) is 12.3. The van der Waals surface area contributed by atoms with Gasteiger partial charge in [-0.25, -0.2) is 0 Å². The van der Waals surface area contributed by atoms with Crippen molar-refractivity contribution in [2.24, 2.45) is 0 Å². The highest BCUT2D eigenvalue weighted by Crippen LogP contribution is 2.43. The molecule has 1 fully saturated rings. The summed E-state index contributed by atoms with van der Waals surface area (Å²) < 4.78 is 76.1. The van der Waals surface area contributed by atoms with E-state index in [9.17, 15) is 26.3 Å². The number of nitrogens with one attached hydrogen (secondary N) is 1. The molecule has 0 spiro atoms. The second kappa shape index (κ2) is 6.66. The highest BCUT2D eigenvalue weighted by molar-refractivity contribution is 5.85. The van der Waals surface area contributed by atoms with Crippen LogP contribution >= 0.6 is 12.4 Å². The normalized spacial score (nSPS) is 18.6. The fourth-order valence-electron chi connectivity index (χ4n) is 2.87. The van der Waals surface area contributed by atoms with Crippen LogP contribution in [0.2, 0.25) is 0 Å². The average molecular weight is 348 g/mol. The van der Waals surface area contributed by atoms with Gasteiger partial charge in [-0.3, -0.25) is 0 Å². The molecule has 0 unspecified atom stereocenters. The van der Waals surface area contributed by atoms with Gasteiger partial charge in [0.05, 0.1) is 12.0 Å². The summed E-state index contributed by atoms with van der Waals surface area (Å²) in [5, 5.41) is 2.98. The van der Waals surface area contributed by atoms with E-state index in [4.69, 9.17) is 0 Å². The largest absolute Gasteiger partial charge is 0.416 e. The topological polar surface area (TPSA) is 12.0 Å². The fraction of sp³-hybridized carbons (Fsp3) is 0.571. The lowest BCUT2D eigenvalue weighted by Crippen LogP contribution is -2.42. The van der Waals surface area contributed by atoms with Crippen LogP contribution in [0.5, 0.6) is 0 Å². The molecule has 0 atom stereocenters. The molecule has 1 nitrogen and oxygen atoms in total. The smallest absolute Gasteiger partial charge is 0.317 e. The number of hydrogen-bond acceptors (Lipinski definition) is 1. The van der Waals surface area contributed by atoms with Crippen molar-refractivity contribution in [3.8, 4) is 0 Å². The van der Waals surface area contributed by atoms with Gasteiger partial charge in [0.25, 0.3) is 0 Å². The lowest BCUT2D eigenvalue weighted by Gasteiger charge is -2.39. The fourth-order valence-corrected chi connectivity index (χ4v) is 2.87. The SMILES string of the molecule is Cl.FC(F)(F)CC1(c2ccc(C(F)(F)F)cc2)CCNCC1. The Bertz CT molecular complexity index is 474. The van der Waals surface area contributed by atoms with E-state index >= 15 is 0 Å². The molecule has 8 heteroatoms. The third-order valence-corrected chi connectivity index (χ3v) is 3.92. The quantitative estimate of drug-likeness (QED) is 0.765. The van der Waals surface area contributed by atoms with Crippen LogP contribution in [-0.2, 0) is 11.6 Å². The summed E-state index contributed by atoms with van der Waals surface area (Å²) in [4.78, 5) is 0. The zero-order chi connectivity index (χ0) is 15.7. The maximum Gasteiger partial charge on any atom is 0.416 e. The van der Waals surface area contributed by atoms with Gasteiger partial charge in [0.2, 0.25) is 0 Å². The van der Waals surface area contributed by atoms with Crippen molar-refractivity contribution in [3.05, 3.63) is 35.4 Å². The van der Waals surface area contributed by atoms with Gasteiger partial charge >= 0.3 is 12.4 Å². The molecule has 2 rings (SSSR count). The minimum absolute atomic E-state index is 0. The third kappa shape index (κ3) is 4.52. The van der Waals surface area contributed by atoms with Crippen molar-refractivity contribution in [2.45, 2.75) is 37.0 Å². The lowest BCUT2D eigenvalue weighted by molar-refractivity contribution is -0.151. The Morgan fingerprint density at radius 2 is 1.41 bits per heavy atom. The first kappa shape index (κ1) is 19.1. The summed E-state index contributed by atoms with van der Waals surface area (Å²) in [6.07, 6.45) is -9.31. The Labute approximate surface area is 130 Å². The molecule has 1 heterocycles. The molecule has 1 aromatic carbocycles. The Kier molecular flexibility index (Phi) is 5.78. The molecule has 0 amide bonds. The van der Waals surface area contributed by atoms with E-state index in [1.54, 1.807) is 0 Å². The Balaban J connectivity index is 0.00000242. The minimum atomic E-state index is -4.48. The number of piperidine rings is 1. The molecule has 1 aromatic rings. The van der Waals surface area contributed by atoms with E-state index in [1.165, 1.54) is 12.1 Å². The van der Waals surface area contributed by atoms with Crippen molar-refractivity contribution >= 4 is 12.4 Å². The maximum absolute atomic E-state index is 12.8. The number of halogens is 7. The summed E-state index contributed by atoms with van der Waals surface area (Å²) in [6.45, 7) is 0.855. The van der Waals surface area contributed by atoms with Gasteiger partial charge < -0.3 is 5.32 Å². The average Bonchev–Trinajstić information content (AvgIpc) is 2.37. The van der Waals surface area contributed by atoms with Crippen molar-refractivity contribution in [3.63, 3.8) is 0 Å². The molecule has 1 aliphatic rings. The van der Waals surface area contributed by atoms with Crippen molar-refractivity contribution in [2.75, 3.05) is 13.1 Å². The van der Waals surface area contributed by atoms with Crippen LogP contribution in [0.3, 0.4) is 0 Å². The molecular formula is C14H16ClF6N. The molecule has 1 aliphatic heterocycles. The summed E-state index contributed by atoms with van der Waals surface area (Å²) in [5.74, 6) is 0. The van der Waals surface area contributed by atoms with E-state index in [0.29, 0.717) is 18.7 Å². The molecule has 22 heavy (non-hydrogen) atoms. The first-order valence-corrected chi connectivity index (χ1v) is 6.58. The van der Waals surface area contributed by atoms with Crippen LogP contribution < -0.4 is 5.32 Å². The van der Waals surface area contributed by atoms with E-state index in [0.717, 1.165) is 12.1 Å². The number of hydrogen-bond donors (Lipinski definition) is 1. The van der Waals surface area contributed by atoms with Crippen molar-refractivity contribution in [1.29, 1.82) is 0 Å². The van der Waals surface area contributed by atoms with Gasteiger partial charge in [0, 0.05) is 5.41 Å². The summed E-state index contributed by atoms with van der Waals surface area (Å²) in [5.41, 5.74) is -1.65. The summed E-state index contributed by atoms with van der Waals surface area (Å²) in [7, 11) is 0. The first-order valence-electron chi connectivity index (χ1n) is 6.58. The summed E-state index contributed by atoms with van der Waals surface area (Å²) in [6, 6.07) is 4.07. The second-order valence-electron chi connectivity index (χ2n) is 5.40. The zero-order valence-electron chi connectivity index (χ0n) is 11.5. The number of alkyl halides is 6. The van der Waals surface area contributed by atoms with Crippen LogP contribution in [-0.4, -0.2) is 19.3 Å². The molecule has 1 saturated heterocycles. The van der Waals surface area contributed by atoms with Crippen molar-refractivity contribution < 1.29 is 26.3 Å². The van der Waals surface area contributed by atoms with Gasteiger partial charge in [0.15, 0.2) is 0 Å². The second-order valence-corrected chi connectivity index (χ2v) is 5.40. The monoisotopic (exact) mass is 347 g/mol. The van der Waals surface area contributed by atoms with Crippen LogP contribution in [0.15, 0.2) is 24.3 Å². The molecule has 1 N–H and O–H groups in total. The minimum Gasteiger partial charge on any atom is -0.317 e. The third-order valence-electron chi connectivity index (χ3n) is 3.92. The van der Waals surface area contributed by atoms with Crippen molar-refractivity contribution in [1.82, 2.24) is 5.32 Å². The number of rotatable bonds is 2. The summed E-state index contributed by atoms with van der Waals surface area (Å²) >= 11 is 0. The molecule has 126 valence electrons. The predicted octanol–water partition coefficient (Wildman–Crippen LogP) is 4.70. The van der Waals surface area contributed by atoms with E-state index in [1.807, 2.05) is 0 Å². The lowest BCUT2D eigenvalue weighted by atomic mass is 9.70. The molecule has 0 bridgehead atoms. The predicted molar refractivity (Wildman–Crippen MR) is 73.1 cm³/mol. The van der Waals surface area contributed by atoms with Crippen LogP contribution in [0.25, 0.3) is 0 Å². The van der Waals surface area contributed by atoms with Gasteiger partial charge in [-0.1, -0.05) is 12.1 Å². The molecular weight excluding hydrogens is 332 g/mol. The van der Waals surface area contributed by atoms with E-state index in [-0.39, 0.29) is 25.2 Å². The Morgan fingerprint density at radius 3 is 1.82 bits per heavy atom. The molecule has 0 aromatic heterocycles. The Morgan fingerprint density at radius 1 is 0.909 bits per heavy atom. The maximum atomic E-state index is 12.8. The Hall–Kier alpha value is -0.950. The van der Waals surface area contributed by atoms with Gasteiger partial charge in [0.1, 0.15) is 0 Å². The van der Waals surface area contributed by atoms with Gasteiger partial charge in [-0.15, -0.1) is 12.4 Å². The van der Waals surface area contributed by atoms with Crippen LogP contribution in [0, 0.1) is 0 Å². The number of benzene rings is 1. The highest BCUT2D eigenvalue weighted by Gasteiger charge is 2.44. The van der Waals surface area contributed by atoms with E-state index in [2.05, 4.69) is 5.32 Å². The van der Waals surface area contributed by atoms with Crippen LogP contribution in [0.1, 0.15) is 30.4 Å². The molecule has 0 saturated carbocycles. The standard InChI is InChI=1S/C14H15F6N.ClH/c15-13(16,17)9-12(5-7-21-8-6-12)10-1-3-11(4-2-10)14(18,19)20;/h1-4,21H,5-9H2;1H. The van der Waals surface area contributed by atoms with Gasteiger partial charge in [-0.2, -0.15) is 26.3 Å². The van der Waals surface area contributed by atoms with E-state index < -0.39 is 29.8 Å². The van der Waals surface area contributed by atoms with Gasteiger partial charge in [-0.05, 0) is 43.6 Å². The first-order chi connectivity index (χ1) is 9.62. The van der Waals surface area contributed by atoms with Crippen LogP contribution in [0.4, 0.5) is 26.3 Å². The molecule has 0 aliphatic carbocycles.